The minimum Gasteiger partial charge on any atom is -0.494 e. The minimum atomic E-state index is -4.05. The number of aryl methyl sites for hydroxylation is 1. The fourth-order valence-electron chi connectivity index (χ4n) is 3.33. The summed E-state index contributed by atoms with van der Waals surface area (Å²) in [5.74, 6) is 0.473. The summed E-state index contributed by atoms with van der Waals surface area (Å²) in [5.41, 5.74) is 1.56. The Kier molecular flexibility index (Phi) is 7.52. The third-order valence-corrected chi connectivity index (χ3v) is 6.48. The van der Waals surface area contributed by atoms with Crippen LogP contribution in [-0.4, -0.2) is 37.8 Å². The Hall–Kier alpha value is -3.92. The molecule has 0 aliphatic heterocycles. The summed E-state index contributed by atoms with van der Waals surface area (Å²) in [6, 6.07) is 17.2. The number of carbonyl (C=O) groups is 1. The summed E-state index contributed by atoms with van der Waals surface area (Å²) < 4.78 is 33.4. The number of amides is 1. The molecular weight excluding hydrogens is 458 g/mol. The van der Waals surface area contributed by atoms with E-state index in [-0.39, 0.29) is 22.2 Å². The highest BCUT2D eigenvalue weighted by Gasteiger charge is 2.20. The van der Waals surface area contributed by atoms with Gasteiger partial charge in [-0.1, -0.05) is 24.3 Å². The number of anilines is 1. The fourth-order valence-corrected chi connectivity index (χ4v) is 4.40. The van der Waals surface area contributed by atoms with Crippen molar-refractivity contribution < 1.29 is 22.9 Å². The molecule has 3 aromatic carbocycles. The van der Waals surface area contributed by atoms with E-state index in [9.17, 15) is 23.3 Å². The average molecular weight is 484 g/mol. The number of hydrogen-bond donors (Lipinski definition) is 1. The van der Waals surface area contributed by atoms with Gasteiger partial charge >= 0.3 is 0 Å². The highest BCUT2D eigenvalue weighted by molar-refractivity contribution is 7.92. The summed E-state index contributed by atoms with van der Waals surface area (Å²) in [4.78, 5) is 24.7. The number of para-hydroxylation sites is 1. The first-order chi connectivity index (χ1) is 16.1. The van der Waals surface area contributed by atoms with Crippen molar-refractivity contribution in [1.82, 2.24) is 4.90 Å². The van der Waals surface area contributed by atoms with Crippen LogP contribution < -0.4 is 9.46 Å². The van der Waals surface area contributed by atoms with Gasteiger partial charge in [-0.15, -0.1) is 0 Å². The van der Waals surface area contributed by atoms with Crippen molar-refractivity contribution >= 4 is 27.3 Å². The SMILES string of the molecule is CCOc1ccccc1CN(C)C(=O)c1ccc(NS(=O)(=O)c2ccc(C)c([N+](=O)[O-])c2)cc1. The van der Waals surface area contributed by atoms with Crippen LogP contribution in [0.4, 0.5) is 11.4 Å². The van der Waals surface area contributed by atoms with Gasteiger partial charge in [0.05, 0.1) is 16.4 Å². The molecular formula is C24H25N3O6S. The second-order valence-electron chi connectivity index (χ2n) is 7.59. The van der Waals surface area contributed by atoms with Crippen molar-refractivity contribution in [3.05, 3.63) is 93.5 Å². The molecule has 0 aliphatic rings. The Labute approximate surface area is 198 Å². The number of carbonyl (C=O) groups excluding carboxylic acids is 1. The molecule has 0 bridgehead atoms. The van der Waals surface area contributed by atoms with Crippen LogP contribution in [0.25, 0.3) is 0 Å². The van der Waals surface area contributed by atoms with Gasteiger partial charge in [-0.05, 0) is 50.2 Å². The fraction of sp³-hybridized carbons (Fsp3) is 0.208. The molecule has 34 heavy (non-hydrogen) atoms. The summed E-state index contributed by atoms with van der Waals surface area (Å²) in [5, 5.41) is 11.1. The normalized spacial score (nSPS) is 11.0. The number of ether oxygens (including phenoxy) is 1. The van der Waals surface area contributed by atoms with Crippen molar-refractivity contribution in [2.24, 2.45) is 0 Å². The first-order valence-electron chi connectivity index (χ1n) is 10.5. The van der Waals surface area contributed by atoms with Crippen LogP contribution in [0.15, 0.2) is 71.6 Å². The van der Waals surface area contributed by atoms with Crippen molar-refractivity contribution in [3.63, 3.8) is 0 Å². The zero-order valence-electron chi connectivity index (χ0n) is 19.0. The van der Waals surface area contributed by atoms with Crippen LogP contribution in [0.3, 0.4) is 0 Å². The predicted molar refractivity (Wildman–Crippen MR) is 128 cm³/mol. The van der Waals surface area contributed by atoms with Gasteiger partial charge in [0.25, 0.3) is 21.6 Å². The number of nitro groups is 1. The third kappa shape index (κ3) is 5.70. The van der Waals surface area contributed by atoms with E-state index in [0.717, 1.165) is 11.6 Å². The molecule has 3 rings (SSSR count). The lowest BCUT2D eigenvalue weighted by molar-refractivity contribution is -0.385. The minimum absolute atomic E-state index is 0.224. The van der Waals surface area contributed by atoms with E-state index in [1.165, 1.54) is 43.3 Å². The van der Waals surface area contributed by atoms with Crippen molar-refractivity contribution in [3.8, 4) is 5.75 Å². The predicted octanol–water partition coefficient (Wildman–Crippen LogP) is 4.37. The van der Waals surface area contributed by atoms with E-state index in [2.05, 4.69) is 4.72 Å². The van der Waals surface area contributed by atoms with Crippen molar-refractivity contribution in [2.75, 3.05) is 18.4 Å². The Morgan fingerprint density at radius 2 is 1.76 bits per heavy atom. The number of benzene rings is 3. The number of nitrogens with zero attached hydrogens (tertiary/aromatic N) is 2. The van der Waals surface area contributed by atoms with Gasteiger partial charge in [0.1, 0.15) is 5.75 Å². The highest BCUT2D eigenvalue weighted by atomic mass is 32.2. The number of nitro benzene ring substituents is 1. The summed E-state index contributed by atoms with van der Waals surface area (Å²) in [6.45, 7) is 4.28. The molecule has 1 N–H and O–H groups in total. The van der Waals surface area contributed by atoms with Gasteiger partial charge in [0, 0.05) is 42.0 Å². The number of hydrogen-bond acceptors (Lipinski definition) is 6. The standard InChI is InChI=1S/C24H25N3O6S/c1-4-33-23-8-6-5-7-19(23)16-26(3)24(28)18-10-12-20(13-11-18)25-34(31,32)21-14-9-17(2)22(15-21)27(29)30/h5-15,25H,4,16H2,1-3H3. The molecule has 0 fully saturated rings. The van der Waals surface area contributed by atoms with Gasteiger partial charge in [0.15, 0.2) is 0 Å². The van der Waals surface area contributed by atoms with E-state index in [1.807, 2.05) is 31.2 Å². The first-order valence-corrected chi connectivity index (χ1v) is 11.9. The number of nitrogens with one attached hydrogen (secondary N) is 1. The Balaban J connectivity index is 1.73. The molecule has 178 valence electrons. The maximum absolute atomic E-state index is 12.9. The van der Waals surface area contributed by atoms with Gasteiger partial charge in [-0.25, -0.2) is 8.42 Å². The van der Waals surface area contributed by atoms with Crippen molar-refractivity contribution in [1.29, 1.82) is 0 Å². The molecule has 0 atom stereocenters. The van der Waals surface area contributed by atoms with E-state index in [0.29, 0.717) is 30.0 Å². The molecule has 0 unspecified atom stereocenters. The quantitative estimate of drug-likeness (QED) is 0.356. The summed E-state index contributed by atoms with van der Waals surface area (Å²) in [6.07, 6.45) is 0. The average Bonchev–Trinajstić information content (AvgIpc) is 2.80. The molecule has 0 aromatic heterocycles. The summed E-state index contributed by atoms with van der Waals surface area (Å²) >= 11 is 0. The molecule has 0 saturated carbocycles. The maximum atomic E-state index is 12.9. The molecule has 0 saturated heterocycles. The van der Waals surface area contributed by atoms with Crippen LogP contribution >= 0.6 is 0 Å². The van der Waals surface area contributed by atoms with E-state index in [4.69, 9.17) is 4.74 Å². The molecule has 9 nitrogen and oxygen atoms in total. The molecule has 0 aliphatic carbocycles. The van der Waals surface area contributed by atoms with E-state index < -0.39 is 14.9 Å². The maximum Gasteiger partial charge on any atom is 0.273 e. The van der Waals surface area contributed by atoms with Gasteiger partial charge in [0.2, 0.25) is 0 Å². The molecule has 0 radical (unpaired) electrons. The summed E-state index contributed by atoms with van der Waals surface area (Å²) in [7, 11) is -2.38. The Morgan fingerprint density at radius 3 is 2.41 bits per heavy atom. The van der Waals surface area contributed by atoms with Gasteiger partial charge in [-0.3, -0.25) is 19.6 Å². The second kappa shape index (κ2) is 10.3. The molecule has 3 aromatic rings. The smallest absolute Gasteiger partial charge is 0.273 e. The van der Waals surface area contributed by atoms with Crippen molar-refractivity contribution in [2.45, 2.75) is 25.3 Å². The number of sulfonamides is 1. The van der Waals surface area contributed by atoms with E-state index >= 15 is 0 Å². The first kappa shape index (κ1) is 24.7. The van der Waals surface area contributed by atoms with Crippen LogP contribution in [0.1, 0.15) is 28.4 Å². The lowest BCUT2D eigenvalue weighted by atomic mass is 10.1. The van der Waals surface area contributed by atoms with Crippen LogP contribution in [0, 0.1) is 17.0 Å². The topological polar surface area (TPSA) is 119 Å². The molecule has 10 heteroatoms. The molecule has 1 amide bonds. The van der Waals surface area contributed by atoms with Crippen LogP contribution in [0.2, 0.25) is 0 Å². The second-order valence-corrected chi connectivity index (χ2v) is 9.27. The van der Waals surface area contributed by atoms with Gasteiger partial charge in [-0.2, -0.15) is 0 Å². The number of rotatable bonds is 9. The Bertz CT molecular complexity index is 1310. The molecule has 0 heterocycles. The zero-order chi connectivity index (χ0) is 24.9. The lowest BCUT2D eigenvalue weighted by Crippen LogP contribution is -2.26. The largest absolute Gasteiger partial charge is 0.494 e. The van der Waals surface area contributed by atoms with Gasteiger partial charge < -0.3 is 9.64 Å². The monoisotopic (exact) mass is 483 g/mol. The third-order valence-electron chi connectivity index (χ3n) is 5.10. The lowest BCUT2D eigenvalue weighted by Gasteiger charge is -2.19. The van der Waals surface area contributed by atoms with Crippen LogP contribution in [-0.2, 0) is 16.6 Å². The zero-order valence-corrected chi connectivity index (χ0v) is 19.8. The Morgan fingerprint density at radius 1 is 1.09 bits per heavy atom. The van der Waals surface area contributed by atoms with E-state index in [1.54, 1.807) is 11.9 Å². The van der Waals surface area contributed by atoms with Crippen LogP contribution in [0.5, 0.6) is 5.75 Å². The molecule has 0 spiro atoms. The highest BCUT2D eigenvalue weighted by Crippen LogP contribution is 2.25.